The average Bonchev–Trinajstić information content (AvgIpc) is 2.46. The van der Waals surface area contributed by atoms with Crippen molar-refractivity contribution >= 4 is 5.91 Å². The molecule has 1 amide bonds. The normalized spacial score (nSPS) is 10.3. The Labute approximate surface area is 121 Å². The first-order chi connectivity index (χ1) is 9.76. The Bertz CT molecular complexity index is 377. The number of benzene rings is 1. The summed E-state index contributed by atoms with van der Waals surface area (Å²) in [7, 11) is 0. The first kappa shape index (κ1) is 16.5. The Kier molecular flexibility index (Phi) is 8.47. The molecule has 0 saturated carbocycles. The van der Waals surface area contributed by atoms with Gasteiger partial charge in [-0.25, -0.2) is 0 Å². The highest BCUT2D eigenvalue weighted by Crippen LogP contribution is 2.12. The molecule has 0 fully saturated rings. The van der Waals surface area contributed by atoms with Crippen molar-refractivity contribution in [3.63, 3.8) is 0 Å². The summed E-state index contributed by atoms with van der Waals surface area (Å²) in [6, 6.07) is 8.10. The lowest BCUT2D eigenvalue weighted by molar-refractivity contribution is -0.120. The zero-order valence-electron chi connectivity index (χ0n) is 12.6. The molecule has 0 radical (unpaired) electrons. The van der Waals surface area contributed by atoms with Crippen LogP contribution in [0.1, 0.15) is 38.7 Å². The summed E-state index contributed by atoms with van der Waals surface area (Å²) in [6.07, 6.45) is 2.75. The third-order valence-electron chi connectivity index (χ3n) is 2.92. The number of carbonyl (C=O) groups excluding carboxylic acids is 1. The summed E-state index contributed by atoms with van der Waals surface area (Å²) >= 11 is 0. The molecule has 0 saturated heterocycles. The van der Waals surface area contributed by atoms with Gasteiger partial charge in [-0.3, -0.25) is 4.79 Å². The largest absolute Gasteiger partial charge is 0.494 e. The number of ether oxygens (including phenoxy) is 1. The Morgan fingerprint density at radius 1 is 1.20 bits per heavy atom. The van der Waals surface area contributed by atoms with Crippen molar-refractivity contribution in [3.05, 3.63) is 29.8 Å². The summed E-state index contributed by atoms with van der Waals surface area (Å²) in [5.41, 5.74) is 1.20. The number of hydrogen-bond donors (Lipinski definition) is 2. The molecule has 0 aliphatic rings. The molecule has 4 heteroatoms. The third-order valence-corrected chi connectivity index (χ3v) is 2.92. The summed E-state index contributed by atoms with van der Waals surface area (Å²) in [5, 5.41) is 6.04. The van der Waals surface area contributed by atoms with Crippen LogP contribution in [0.15, 0.2) is 24.3 Å². The van der Waals surface area contributed by atoms with Crippen LogP contribution < -0.4 is 15.4 Å². The average molecular weight is 278 g/mol. The van der Waals surface area contributed by atoms with E-state index < -0.39 is 0 Å². The first-order valence-corrected chi connectivity index (χ1v) is 7.45. The van der Waals surface area contributed by atoms with Gasteiger partial charge in [0.05, 0.1) is 6.61 Å². The Morgan fingerprint density at radius 2 is 1.95 bits per heavy atom. The molecule has 0 aromatic heterocycles. The summed E-state index contributed by atoms with van der Waals surface area (Å²) in [6.45, 7) is 7.02. The van der Waals surface area contributed by atoms with Crippen molar-refractivity contribution in [1.29, 1.82) is 0 Å². The van der Waals surface area contributed by atoms with E-state index in [1.807, 2.05) is 19.1 Å². The fraction of sp³-hybridized carbons (Fsp3) is 0.562. The Hall–Kier alpha value is -1.55. The van der Waals surface area contributed by atoms with Crippen molar-refractivity contribution in [1.82, 2.24) is 10.6 Å². The molecule has 0 aliphatic carbocycles. The molecule has 0 aliphatic heterocycles. The molecule has 0 unspecified atom stereocenters. The number of nitrogens with one attached hydrogen (secondary N) is 2. The van der Waals surface area contributed by atoms with Crippen LogP contribution in [0.4, 0.5) is 0 Å². The number of amides is 1. The molecule has 0 bridgehead atoms. The highest BCUT2D eigenvalue weighted by atomic mass is 16.5. The van der Waals surface area contributed by atoms with Crippen LogP contribution >= 0.6 is 0 Å². The molecule has 1 aromatic rings. The SMILES string of the molecule is CCCCOc1ccc(CNCCC(=O)NCC)cc1. The minimum Gasteiger partial charge on any atom is -0.494 e. The molecule has 20 heavy (non-hydrogen) atoms. The number of rotatable bonds is 10. The molecule has 4 nitrogen and oxygen atoms in total. The van der Waals surface area contributed by atoms with Gasteiger partial charge in [-0.15, -0.1) is 0 Å². The fourth-order valence-corrected chi connectivity index (χ4v) is 1.76. The lowest BCUT2D eigenvalue weighted by atomic mass is 10.2. The van der Waals surface area contributed by atoms with Gasteiger partial charge >= 0.3 is 0 Å². The van der Waals surface area contributed by atoms with E-state index in [0.29, 0.717) is 19.5 Å². The molecular formula is C16H26N2O2. The lowest BCUT2D eigenvalue weighted by Crippen LogP contribution is -2.27. The molecule has 2 N–H and O–H groups in total. The van der Waals surface area contributed by atoms with Crippen molar-refractivity contribution in [2.24, 2.45) is 0 Å². The molecule has 0 atom stereocenters. The van der Waals surface area contributed by atoms with Crippen LogP contribution in [-0.4, -0.2) is 25.6 Å². The van der Waals surface area contributed by atoms with Crippen molar-refractivity contribution in [3.8, 4) is 5.75 Å². The van der Waals surface area contributed by atoms with Gasteiger partial charge in [0.2, 0.25) is 5.91 Å². The maximum Gasteiger partial charge on any atom is 0.221 e. The zero-order valence-corrected chi connectivity index (χ0v) is 12.6. The van der Waals surface area contributed by atoms with Gasteiger partial charge in [-0.05, 0) is 31.0 Å². The zero-order chi connectivity index (χ0) is 14.6. The van der Waals surface area contributed by atoms with E-state index in [4.69, 9.17) is 4.74 Å². The first-order valence-electron chi connectivity index (χ1n) is 7.45. The fourth-order valence-electron chi connectivity index (χ4n) is 1.76. The van der Waals surface area contributed by atoms with Crippen LogP contribution in [0.5, 0.6) is 5.75 Å². The van der Waals surface area contributed by atoms with Gasteiger partial charge in [-0.1, -0.05) is 25.5 Å². The second-order valence-corrected chi connectivity index (χ2v) is 4.73. The predicted octanol–water partition coefficient (Wildman–Crippen LogP) is 2.48. The van der Waals surface area contributed by atoms with Gasteiger partial charge < -0.3 is 15.4 Å². The van der Waals surface area contributed by atoms with Crippen LogP contribution in [0.25, 0.3) is 0 Å². The van der Waals surface area contributed by atoms with Gasteiger partial charge in [0.15, 0.2) is 0 Å². The van der Waals surface area contributed by atoms with Crippen LogP contribution in [0.2, 0.25) is 0 Å². The maximum atomic E-state index is 11.3. The van der Waals surface area contributed by atoms with Gasteiger partial charge in [0, 0.05) is 26.1 Å². The molecule has 112 valence electrons. The van der Waals surface area contributed by atoms with E-state index in [-0.39, 0.29) is 5.91 Å². The summed E-state index contributed by atoms with van der Waals surface area (Å²) < 4.78 is 5.61. The van der Waals surface area contributed by atoms with E-state index in [2.05, 4.69) is 29.7 Å². The van der Waals surface area contributed by atoms with Crippen molar-refractivity contribution in [2.75, 3.05) is 19.7 Å². The maximum absolute atomic E-state index is 11.3. The molecule has 0 spiro atoms. The number of carbonyl (C=O) groups is 1. The summed E-state index contributed by atoms with van der Waals surface area (Å²) in [5.74, 6) is 1.02. The third kappa shape index (κ3) is 7.14. The molecule has 1 aromatic carbocycles. The molecule has 1 rings (SSSR count). The van der Waals surface area contributed by atoms with Crippen LogP contribution in [0, 0.1) is 0 Å². The van der Waals surface area contributed by atoms with Crippen LogP contribution in [0.3, 0.4) is 0 Å². The van der Waals surface area contributed by atoms with E-state index >= 15 is 0 Å². The second kappa shape index (κ2) is 10.3. The van der Waals surface area contributed by atoms with Crippen LogP contribution in [-0.2, 0) is 11.3 Å². The molecular weight excluding hydrogens is 252 g/mol. The quantitative estimate of drug-likeness (QED) is 0.646. The summed E-state index contributed by atoms with van der Waals surface area (Å²) in [4.78, 5) is 11.3. The van der Waals surface area contributed by atoms with E-state index in [1.54, 1.807) is 0 Å². The highest BCUT2D eigenvalue weighted by Gasteiger charge is 1.99. The number of hydrogen-bond acceptors (Lipinski definition) is 3. The highest BCUT2D eigenvalue weighted by molar-refractivity contribution is 5.75. The lowest BCUT2D eigenvalue weighted by Gasteiger charge is -2.08. The van der Waals surface area contributed by atoms with Crippen molar-refractivity contribution < 1.29 is 9.53 Å². The van der Waals surface area contributed by atoms with Gasteiger partial charge in [0.1, 0.15) is 5.75 Å². The number of unbranched alkanes of at least 4 members (excludes halogenated alkanes) is 1. The second-order valence-electron chi connectivity index (χ2n) is 4.73. The van der Waals surface area contributed by atoms with E-state index in [1.165, 1.54) is 5.56 Å². The standard InChI is InChI=1S/C16H26N2O2/c1-3-5-12-20-15-8-6-14(7-9-15)13-17-11-10-16(19)18-4-2/h6-9,17H,3-5,10-13H2,1-2H3,(H,18,19). The van der Waals surface area contributed by atoms with E-state index in [0.717, 1.165) is 31.7 Å². The minimum atomic E-state index is 0.0969. The minimum absolute atomic E-state index is 0.0969. The Morgan fingerprint density at radius 3 is 2.60 bits per heavy atom. The predicted molar refractivity (Wildman–Crippen MR) is 81.9 cm³/mol. The Balaban J connectivity index is 2.19. The monoisotopic (exact) mass is 278 g/mol. The van der Waals surface area contributed by atoms with Gasteiger partial charge in [-0.2, -0.15) is 0 Å². The van der Waals surface area contributed by atoms with Gasteiger partial charge in [0.25, 0.3) is 0 Å². The topological polar surface area (TPSA) is 50.4 Å². The van der Waals surface area contributed by atoms with E-state index in [9.17, 15) is 4.79 Å². The molecule has 0 heterocycles. The van der Waals surface area contributed by atoms with Crippen molar-refractivity contribution in [2.45, 2.75) is 39.7 Å². The smallest absolute Gasteiger partial charge is 0.221 e.